The molecule has 96 valence electrons. The van der Waals surface area contributed by atoms with E-state index >= 15 is 0 Å². The Kier molecular flexibility index (Phi) is 5.65. The number of nitrogens with one attached hydrogen (secondary N) is 1. The van der Waals surface area contributed by atoms with Crippen molar-refractivity contribution in [2.24, 2.45) is 0 Å². The largest absolute Gasteiger partial charge is 0.240 e. The van der Waals surface area contributed by atoms with Gasteiger partial charge in [0.15, 0.2) is 0 Å². The molecule has 4 heteroatoms. The first-order valence-corrected chi connectivity index (χ1v) is 7.61. The summed E-state index contributed by atoms with van der Waals surface area (Å²) >= 11 is 0. The highest BCUT2D eigenvalue weighted by molar-refractivity contribution is 7.89. The molecule has 0 aromatic heterocycles. The molecule has 0 saturated carbocycles. The Balaban J connectivity index is 2.48. The smallest absolute Gasteiger partial charge is 0.211 e. The Morgan fingerprint density at radius 2 is 1.71 bits per heavy atom. The minimum atomic E-state index is -3.31. The maximum absolute atomic E-state index is 11.9. The SMILES string of the molecule is CCCCCCNS(=O)(=O)c1ccc(C)cc1. The fourth-order valence-electron chi connectivity index (χ4n) is 1.56. The van der Waals surface area contributed by atoms with E-state index in [1.165, 1.54) is 0 Å². The zero-order valence-electron chi connectivity index (χ0n) is 10.6. The number of unbranched alkanes of at least 4 members (excludes halogenated alkanes) is 3. The monoisotopic (exact) mass is 255 g/mol. The number of rotatable bonds is 7. The molecule has 0 atom stereocenters. The highest BCUT2D eigenvalue weighted by Crippen LogP contribution is 2.09. The molecule has 0 spiro atoms. The molecule has 1 aromatic rings. The molecule has 0 aliphatic carbocycles. The summed E-state index contributed by atoms with van der Waals surface area (Å²) < 4.78 is 26.4. The third-order valence-corrected chi connectivity index (χ3v) is 4.13. The van der Waals surface area contributed by atoms with Gasteiger partial charge < -0.3 is 0 Å². The molecule has 0 aliphatic rings. The van der Waals surface area contributed by atoms with E-state index in [4.69, 9.17) is 0 Å². The van der Waals surface area contributed by atoms with Crippen molar-refractivity contribution >= 4 is 10.0 Å². The fourth-order valence-corrected chi connectivity index (χ4v) is 2.63. The molecule has 1 rings (SSSR count). The van der Waals surface area contributed by atoms with Crippen LogP contribution in [0.5, 0.6) is 0 Å². The molecule has 0 unspecified atom stereocenters. The van der Waals surface area contributed by atoms with Gasteiger partial charge in [-0.15, -0.1) is 0 Å². The molecule has 0 amide bonds. The van der Waals surface area contributed by atoms with Crippen LogP contribution in [0, 0.1) is 6.92 Å². The Labute approximate surface area is 104 Å². The average molecular weight is 255 g/mol. The van der Waals surface area contributed by atoms with Gasteiger partial charge in [0.2, 0.25) is 10.0 Å². The minimum absolute atomic E-state index is 0.346. The Morgan fingerprint density at radius 3 is 2.29 bits per heavy atom. The molecular formula is C13H21NO2S. The van der Waals surface area contributed by atoms with Crippen molar-refractivity contribution in [2.45, 2.75) is 44.4 Å². The number of benzene rings is 1. The van der Waals surface area contributed by atoms with E-state index < -0.39 is 10.0 Å². The first-order chi connectivity index (χ1) is 8.06. The van der Waals surface area contributed by atoms with Crippen LogP contribution in [-0.4, -0.2) is 15.0 Å². The first kappa shape index (κ1) is 14.2. The lowest BCUT2D eigenvalue weighted by molar-refractivity contribution is 0.573. The fraction of sp³-hybridized carbons (Fsp3) is 0.538. The standard InChI is InChI=1S/C13H21NO2S/c1-3-4-5-6-11-14-17(15,16)13-9-7-12(2)8-10-13/h7-10,14H,3-6,11H2,1-2H3. The number of hydrogen-bond acceptors (Lipinski definition) is 2. The van der Waals surface area contributed by atoms with Crippen LogP contribution in [0.25, 0.3) is 0 Å². The topological polar surface area (TPSA) is 46.2 Å². The van der Waals surface area contributed by atoms with Gasteiger partial charge in [0.1, 0.15) is 0 Å². The first-order valence-electron chi connectivity index (χ1n) is 6.12. The summed E-state index contributed by atoms with van der Waals surface area (Å²) in [6, 6.07) is 6.91. The number of aryl methyl sites for hydroxylation is 1. The van der Waals surface area contributed by atoms with Crippen LogP contribution in [0.4, 0.5) is 0 Å². The van der Waals surface area contributed by atoms with E-state index in [1.807, 2.05) is 19.1 Å². The lowest BCUT2D eigenvalue weighted by Gasteiger charge is -2.06. The maximum atomic E-state index is 11.9. The van der Waals surface area contributed by atoms with E-state index in [2.05, 4.69) is 11.6 Å². The molecule has 0 bridgehead atoms. The summed E-state index contributed by atoms with van der Waals surface area (Å²) in [5.74, 6) is 0. The average Bonchev–Trinajstić information content (AvgIpc) is 2.29. The van der Waals surface area contributed by atoms with E-state index in [-0.39, 0.29) is 0 Å². The normalized spacial score (nSPS) is 11.6. The van der Waals surface area contributed by atoms with Gasteiger partial charge in [-0.2, -0.15) is 0 Å². The van der Waals surface area contributed by atoms with E-state index in [0.29, 0.717) is 11.4 Å². The van der Waals surface area contributed by atoms with E-state index in [0.717, 1.165) is 31.2 Å². The van der Waals surface area contributed by atoms with Gasteiger partial charge >= 0.3 is 0 Å². The molecule has 1 N–H and O–H groups in total. The van der Waals surface area contributed by atoms with Crippen molar-refractivity contribution in [3.8, 4) is 0 Å². The predicted octanol–water partition coefficient (Wildman–Crippen LogP) is 2.85. The van der Waals surface area contributed by atoms with Crippen LogP contribution in [0.2, 0.25) is 0 Å². The van der Waals surface area contributed by atoms with Crippen LogP contribution in [0.15, 0.2) is 29.2 Å². The molecule has 17 heavy (non-hydrogen) atoms. The number of hydrogen-bond donors (Lipinski definition) is 1. The van der Waals surface area contributed by atoms with Crippen molar-refractivity contribution in [3.63, 3.8) is 0 Å². The van der Waals surface area contributed by atoms with Crippen molar-refractivity contribution < 1.29 is 8.42 Å². The third kappa shape index (κ3) is 4.88. The highest BCUT2D eigenvalue weighted by Gasteiger charge is 2.12. The van der Waals surface area contributed by atoms with Crippen LogP contribution in [0.1, 0.15) is 38.2 Å². The summed E-state index contributed by atoms with van der Waals surface area (Å²) in [5.41, 5.74) is 1.06. The second-order valence-electron chi connectivity index (χ2n) is 4.27. The van der Waals surface area contributed by atoms with Crippen LogP contribution >= 0.6 is 0 Å². The molecule has 0 saturated heterocycles. The molecule has 0 heterocycles. The van der Waals surface area contributed by atoms with Crippen molar-refractivity contribution in [1.82, 2.24) is 4.72 Å². The van der Waals surface area contributed by atoms with Crippen LogP contribution in [0.3, 0.4) is 0 Å². The summed E-state index contributed by atoms with van der Waals surface area (Å²) in [6.07, 6.45) is 4.29. The maximum Gasteiger partial charge on any atom is 0.240 e. The molecule has 0 radical (unpaired) electrons. The van der Waals surface area contributed by atoms with Gasteiger partial charge in [-0.3, -0.25) is 0 Å². The van der Waals surface area contributed by atoms with Crippen LogP contribution < -0.4 is 4.72 Å². The molecular weight excluding hydrogens is 234 g/mol. The van der Waals surface area contributed by atoms with Crippen molar-refractivity contribution in [3.05, 3.63) is 29.8 Å². The lowest BCUT2D eigenvalue weighted by atomic mass is 10.2. The van der Waals surface area contributed by atoms with Gasteiger partial charge in [0.05, 0.1) is 4.90 Å². The van der Waals surface area contributed by atoms with Gasteiger partial charge in [0.25, 0.3) is 0 Å². The summed E-state index contributed by atoms with van der Waals surface area (Å²) in [6.45, 7) is 4.60. The Hall–Kier alpha value is -0.870. The predicted molar refractivity (Wildman–Crippen MR) is 70.5 cm³/mol. The summed E-state index contributed by atoms with van der Waals surface area (Å²) in [5, 5.41) is 0. The zero-order valence-corrected chi connectivity index (χ0v) is 11.4. The second kappa shape index (κ2) is 6.77. The molecule has 0 aliphatic heterocycles. The molecule has 1 aromatic carbocycles. The molecule has 3 nitrogen and oxygen atoms in total. The van der Waals surface area contributed by atoms with Gasteiger partial charge in [-0.25, -0.2) is 13.1 Å². The van der Waals surface area contributed by atoms with Crippen LogP contribution in [-0.2, 0) is 10.0 Å². The Bertz CT molecular complexity index is 423. The highest BCUT2D eigenvalue weighted by atomic mass is 32.2. The van der Waals surface area contributed by atoms with Gasteiger partial charge in [0, 0.05) is 6.54 Å². The lowest BCUT2D eigenvalue weighted by Crippen LogP contribution is -2.24. The summed E-state index contributed by atoms with van der Waals surface area (Å²) in [4.78, 5) is 0.346. The van der Waals surface area contributed by atoms with Gasteiger partial charge in [-0.1, -0.05) is 43.9 Å². The van der Waals surface area contributed by atoms with Crippen molar-refractivity contribution in [2.75, 3.05) is 6.54 Å². The minimum Gasteiger partial charge on any atom is -0.211 e. The van der Waals surface area contributed by atoms with E-state index in [1.54, 1.807) is 12.1 Å². The quantitative estimate of drug-likeness (QED) is 0.761. The van der Waals surface area contributed by atoms with E-state index in [9.17, 15) is 8.42 Å². The second-order valence-corrected chi connectivity index (χ2v) is 6.04. The Morgan fingerprint density at radius 1 is 1.06 bits per heavy atom. The molecule has 0 fully saturated rings. The summed E-state index contributed by atoms with van der Waals surface area (Å²) in [7, 11) is -3.31. The number of sulfonamides is 1. The van der Waals surface area contributed by atoms with Gasteiger partial charge in [-0.05, 0) is 25.5 Å². The third-order valence-electron chi connectivity index (χ3n) is 2.65. The van der Waals surface area contributed by atoms with Crippen molar-refractivity contribution in [1.29, 1.82) is 0 Å². The zero-order chi connectivity index (χ0) is 12.7.